The van der Waals surface area contributed by atoms with E-state index in [1.165, 1.54) is 25.7 Å². The highest BCUT2D eigenvalue weighted by Gasteiger charge is 2.29. The number of amides is 2. The van der Waals surface area contributed by atoms with Crippen molar-refractivity contribution in [3.8, 4) is 0 Å². The Kier molecular flexibility index (Phi) is 7.29. The number of fused-ring (bicyclic) bond motifs is 1. The minimum atomic E-state index is -0.473. The Morgan fingerprint density at radius 1 is 0.917 bits per heavy atom. The largest absolute Gasteiger partial charge is 0.444 e. The van der Waals surface area contributed by atoms with Crippen LogP contribution in [-0.2, 0) is 11.3 Å². The van der Waals surface area contributed by atoms with Gasteiger partial charge in [0.1, 0.15) is 5.60 Å². The highest BCUT2D eigenvalue weighted by atomic mass is 16.6. The van der Waals surface area contributed by atoms with Crippen molar-refractivity contribution in [3.63, 3.8) is 0 Å². The Morgan fingerprint density at radius 3 is 2.39 bits per heavy atom. The van der Waals surface area contributed by atoms with Crippen LogP contribution < -0.4 is 0 Å². The van der Waals surface area contributed by atoms with Crippen molar-refractivity contribution >= 4 is 22.9 Å². The summed E-state index contributed by atoms with van der Waals surface area (Å²) in [7, 11) is 0. The molecule has 2 aromatic rings. The molecule has 1 atom stereocenters. The molecule has 36 heavy (non-hydrogen) atoms. The van der Waals surface area contributed by atoms with Gasteiger partial charge in [-0.1, -0.05) is 12.8 Å². The average Bonchev–Trinajstić information content (AvgIpc) is 3.53. The lowest BCUT2D eigenvalue weighted by molar-refractivity contribution is 0.0157. The van der Waals surface area contributed by atoms with Crippen molar-refractivity contribution in [1.29, 1.82) is 0 Å². The lowest BCUT2D eigenvalue weighted by Crippen LogP contribution is -2.51. The van der Waals surface area contributed by atoms with E-state index in [2.05, 4.69) is 27.8 Å². The van der Waals surface area contributed by atoms with E-state index in [0.717, 1.165) is 81.2 Å². The van der Waals surface area contributed by atoms with Crippen LogP contribution in [0.15, 0.2) is 30.5 Å². The first-order valence-corrected chi connectivity index (χ1v) is 13.9. The van der Waals surface area contributed by atoms with Gasteiger partial charge < -0.3 is 19.1 Å². The summed E-state index contributed by atoms with van der Waals surface area (Å²) in [6.45, 7) is 11.7. The Hall–Kier alpha value is -2.54. The van der Waals surface area contributed by atoms with Gasteiger partial charge in [0, 0.05) is 74.5 Å². The van der Waals surface area contributed by atoms with Crippen LogP contribution in [0.3, 0.4) is 0 Å². The smallest absolute Gasteiger partial charge is 0.410 e. The minimum absolute atomic E-state index is 0.149. The molecule has 3 aliphatic rings. The van der Waals surface area contributed by atoms with E-state index in [4.69, 9.17) is 4.74 Å². The predicted octanol–water partition coefficient (Wildman–Crippen LogP) is 4.99. The van der Waals surface area contributed by atoms with Gasteiger partial charge in [0.2, 0.25) is 0 Å². The number of rotatable bonds is 4. The molecule has 1 aliphatic carbocycles. The normalized spacial score (nSPS) is 22.4. The molecule has 2 saturated heterocycles. The SMILES string of the molecule is CC(C)(C)OC(=O)N1CCC[C@H](Cn2ccc3cc(C(=O)N4CCN(C5CCCC5)CC4)ccc32)C1. The molecule has 2 amide bonds. The second kappa shape index (κ2) is 10.4. The summed E-state index contributed by atoms with van der Waals surface area (Å²) in [6.07, 6.45) is 9.35. The van der Waals surface area contributed by atoms with E-state index in [-0.39, 0.29) is 12.0 Å². The summed E-state index contributed by atoms with van der Waals surface area (Å²) in [5.41, 5.74) is 1.45. The molecule has 196 valence electrons. The number of benzene rings is 1. The molecule has 1 aromatic carbocycles. The fourth-order valence-corrected chi connectivity index (χ4v) is 6.22. The summed E-state index contributed by atoms with van der Waals surface area (Å²) >= 11 is 0. The number of carbonyl (C=O) groups excluding carboxylic acids is 2. The monoisotopic (exact) mass is 494 g/mol. The van der Waals surface area contributed by atoms with Crippen LogP contribution in [0.5, 0.6) is 0 Å². The standard InChI is InChI=1S/C29H42N4O3/c1-29(2,3)36-28(35)33-13-6-7-22(21-33)20-32-14-12-23-19-24(10-11-26(23)32)27(34)31-17-15-30(16-18-31)25-8-4-5-9-25/h10-12,14,19,22,25H,4-9,13,15-18,20-21H2,1-3H3/t22-/m1/s1. The lowest BCUT2D eigenvalue weighted by atomic mass is 9.98. The highest BCUT2D eigenvalue weighted by Crippen LogP contribution is 2.26. The van der Waals surface area contributed by atoms with Crippen LogP contribution >= 0.6 is 0 Å². The molecule has 7 nitrogen and oxygen atoms in total. The zero-order valence-corrected chi connectivity index (χ0v) is 22.2. The molecular formula is C29H42N4O3. The van der Waals surface area contributed by atoms with Crippen LogP contribution in [0.1, 0.15) is 69.7 Å². The summed E-state index contributed by atoms with van der Waals surface area (Å²) in [4.78, 5) is 32.3. The first-order chi connectivity index (χ1) is 17.3. The molecule has 5 rings (SSSR count). The number of hydrogen-bond donors (Lipinski definition) is 0. The number of ether oxygens (including phenoxy) is 1. The zero-order valence-electron chi connectivity index (χ0n) is 22.2. The van der Waals surface area contributed by atoms with Gasteiger partial charge in [-0.2, -0.15) is 0 Å². The molecule has 0 radical (unpaired) electrons. The summed E-state index contributed by atoms with van der Waals surface area (Å²) in [5.74, 6) is 0.537. The molecule has 0 spiro atoms. The lowest BCUT2D eigenvalue weighted by Gasteiger charge is -2.38. The number of hydrogen-bond acceptors (Lipinski definition) is 4. The molecule has 1 saturated carbocycles. The maximum absolute atomic E-state index is 13.2. The minimum Gasteiger partial charge on any atom is -0.444 e. The Bertz CT molecular complexity index is 1070. The van der Waals surface area contributed by atoms with Crippen molar-refractivity contribution in [2.75, 3.05) is 39.3 Å². The third-order valence-corrected chi connectivity index (χ3v) is 8.09. The van der Waals surface area contributed by atoms with Crippen molar-refractivity contribution in [2.45, 2.75) is 77.5 Å². The molecule has 0 unspecified atom stereocenters. The van der Waals surface area contributed by atoms with Crippen LogP contribution in [0.4, 0.5) is 4.79 Å². The third kappa shape index (κ3) is 5.72. The number of nitrogens with zero attached hydrogens (tertiary/aromatic N) is 4. The van der Waals surface area contributed by atoms with E-state index >= 15 is 0 Å². The average molecular weight is 495 g/mol. The highest BCUT2D eigenvalue weighted by molar-refractivity contribution is 5.98. The maximum Gasteiger partial charge on any atom is 0.410 e. The van der Waals surface area contributed by atoms with Crippen molar-refractivity contribution in [1.82, 2.24) is 19.3 Å². The predicted molar refractivity (Wildman–Crippen MR) is 142 cm³/mol. The van der Waals surface area contributed by atoms with E-state index in [1.807, 2.05) is 42.7 Å². The number of carbonyl (C=O) groups is 2. The third-order valence-electron chi connectivity index (χ3n) is 8.09. The van der Waals surface area contributed by atoms with Crippen molar-refractivity contribution in [2.24, 2.45) is 5.92 Å². The van der Waals surface area contributed by atoms with E-state index in [9.17, 15) is 9.59 Å². The van der Waals surface area contributed by atoms with Crippen LogP contribution in [0.2, 0.25) is 0 Å². The number of likely N-dealkylation sites (tertiary alicyclic amines) is 1. The molecule has 1 aromatic heterocycles. The zero-order chi connectivity index (χ0) is 25.3. The molecule has 0 N–H and O–H groups in total. The number of piperazine rings is 1. The fourth-order valence-electron chi connectivity index (χ4n) is 6.22. The second-order valence-corrected chi connectivity index (χ2v) is 11.9. The van der Waals surface area contributed by atoms with Gasteiger partial charge in [0.05, 0.1) is 0 Å². The first kappa shape index (κ1) is 25.1. The molecule has 7 heteroatoms. The van der Waals surface area contributed by atoms with E-state index in [0.29, 0.717) is 5.92 Å². The van der Waals surface area contributed by atoms with E-state index in [1.54, 1.807) is 0 Å². The fraction of sp³-hybridized carbons (Fsp3) is 0.655. The quantitative estimate of drug-likeness (QED) is 0.601. The van der Waals surface area contributed by atoms with Gasteiger partial charge in [-0.25, -0.2) is 4.79 Å². The molecular weight excluding hydrogens is 452 g/mol. The molecule has 2 aliphatic heterocycles. The summed E-state index contributed by atoms with van der Waals surface area (Å²) < 4.78 is 7.86. The summed E-state index contributed by atoms with van der Waals surface area (Å²) in [6, 6.07) is 8.97. The Balaban J connectivity index is 1.19. The van der Waals surface area contributed by atoms with Crippen LogP contribution in [0.25, 0.3) is 10.9 Å². The number of piperidine rings is 1. The molecule has 3 fully saturated rings. The van der Waals surface area contributed by atoms with E-state index < -0.39 is 5.60 Å². The van der Waals surface area contributed by atoms with Gasteiger partial charge in [-0.15, -0.1) is 0 Å². The molecule has 0 bridgehead atoms. The molecule has 3 heterocycles. The van der Waals surface area contributed by atoms with Crippen LogP contribution in [0, 0.1) is 5.92 Å². The topological polar surface area (TPSA) is 58.0 Å². The van der Waals surface area contributed by atoms with Crippen LogP contribution in [-0.4, -0.2) is 82.2 Å². The van der Waals surface area contributed by atoms with Crippen molar-refractivity contribution < 1.29 is 14.3 Å². The van der Waals surface area contributed by atoms with Gasteiger partial charge in [-0.3, -0.25) is 9.69 Å². The van der Waals surface area contributed by atoms with Gasteiger partial charge >= 0.3 is 6.09 Å². The van der Waals surface area contributed by atoms with Crippen molar-refractivity contribution in [3.05, 3.63) is 36.0 Å². The Morgan fingerprint density at radius 2 is 1.67 bits per heavy atom. The summed E-state index contributed by atoms with van der Waals surface area (Å²) in [5, 5.41) is 1.10. The van der Waals surface area contributed by atoms with Gasteiger partial charge in [-0.05, 0) is 76.6 Å². The second-order valence-electron chi connectivity index (χ2n) is 11.9. The van der Waals surface area contributed by atoms with Gasteiger partial charge in [0.15, 0.2) is 0 Å². The maximum atomic E-state index is 13.2. The number of aromatic nitrogens is 1. The first-order valence-electron chi connectivity index (χ1n) is 13.9. The Labute approximate surface area is 215 Å². The van der Waals surface area contributed by atoms with Gasteiger partial charge in [0.25, 0.3) is 5.91 Å².